The molecule has 3 rings (SSSR count). The van der Waals surface area contributed by atoms with Gasteiger partial charge in [-0.1, -0.05) is 17.3 Å². The van der Waals surface area contributed by atoms with Crippen LogP contribution >= 0.6 is 11.8 Å². The van der Waals surface area contributed by atoms with E-state index in [9.17, 15) is 22.4 Å². The summed E-state index contributed by atoms with van der Waals surface area (Å²) in [6.07, 6.45) is -4.56. The van der Waals surface area contributed by atoms with Crippen molar-refractivity contribution in [3.63, 3.8) is 0 Å². The van der Waals surface area contributed by atoms with Crippen molar-refractivity contribution in [1.29, 1.82) is 0 Å². The summed E-state index contributed by atoms with van der Waals surface area (Å²) in [5.74, 6) is -0.351. The molecule has 0 saturated heterocycles. The zero-order valence-corrected chi connectivity index (χ0v) is 15.0. The van der Waals surface area contributed by atoms with Gasteiger partial charge in [0.25, 0.3) is 0 Å². The topological polar surface area (TPSA) is 68.0 Å². The summed E-state index contributed by atoms with van der Waals surface area (Å²) in [5.41, 5.74) is -0.630. The van der Waals surface area contributed by atoms with E-state index in [1.807, 2.05) is 0 Å². The minimum atomic E-state index is -4.56. The van der Waals surface area contributed by atoms with Gasteiger partial charge < -0.3 is 9.84 Å². The molecule has 0 atom stereocenters. The first kappa shape index (κ1) is 19.9. The lowest BCUT2D eigenvalue weighted by Crippen LogP contribution is -2.18. The highest BCUT2D eigenvalue weighted by atomic mass is 32.2. The number of carbonyl (C=O) groups is 1. The standard InChI is InChI=1S/C18H13F4N3O2S/c19-12-7-5-11(6-8-12)17-24-16(27-25-17)10-28-9-15(26)23-14-4-2-1-3-13(14)18(20,21)22/h1-8H,9-10H2,(H,23,26). The van der Waals surface area contributed by atoms with E-state index in [4.69, 9.17) is 4.52 Å². The van der Waals surface area contributed by atoms with Crippen molar-refractivity contribution in [2.45, 2.75) is 11.9 Å². The fraction of sp³-hybridized carbons (Fsp3) is 0.167. The number of para-hydroxylation sites is 1. The maximum absolute atomic E-state index is 12.9. The van der Waals surface area contributed by atoms with Gasteiger partial charge in [-0.15, -0.1) is 11.8 Å². The maximum atomic E-state index is 12.9. The second-order valence-corrected chi connectivity index (χ2v) is 6.59. The molecule has 0 fully saturated rings. The molecule has 28 heavy (non-hydrogen) atoms. The smallest absolute Gasteiger partial charge is 0.338 e. The molecule has 0 unspecified atom stereocenters. The molecule has 1 N–H and O–H groups in total. The number of rotatable bonds is 6. The van der Waals surface area contributed by atoms with E-state index >= 15 is 0 Å². The molecule has 1 aromatic heterocycles. The first-order valence-electron chi connectivity index (χ1n) is 7.95. The minimum Gasteiger partial charge on any atom is -0.338 e. The Hall–Kier alpha value is -2.88. The molecular weight excluding hydrogens is 398 g/mol. The van der Waals surface area contributed by atoms with Crippen LogP contribution in [0.25, 0.3) is 11.4 Å². The van der Waals surface area contributed by atoms with Crippen molar-refractivity contribution < 1.29 is 26.9 Å². The van der Waals surface area contributed by atoms with Crippen molar-refractivity contribution in [2.24, 2.45) is 0 Å². The number of carbonyl (C=O) groups excluding carboxylic acids is 1. The molecule has 0 saturated carbocycles. The number of halogens is 4. The van der Waals surface area contributed by atoms with E-state index in [0.717, 1.165) is 17.8 Å². The summed E-state index contributed by atoms with van der Waals surface area (Å²) in [6, 6.07) is 10.3. The number of hydrogen-bond donors (Lipinski definition) is 1. The van der Waals surface area contributed by atoms with Crippen LogP contribution in [-0.2, 0) is 16.7 Å². The lowest BCUT2D eigenvalue weighted by molar-refractivity contribution is -0.137. The Balaban J connectivity index is 1.53. The van der Waals surface area contributed by atoms with Crippen LogP contribution in [0, 0.1) is 5.82 Å². The molecule has 0 aliphatic carbocycles. The van der Waals surface area contributed by atoms with Crippen LogP contribution in [0.1, 0.15) is 11.5 Å². The largest absolute Gasteiger partial charge is 0.418 e. The van der Waals surface area contributed by atoms with Crippen molar-refractivity contribution in [1.82, 2.24) is 10.1 Å². The Kier molecular flexibility index (Phi) is 5.98. The Labute approximate surface area is 161 Å². The summed E-state index contributed by atoms with van der Waals surface area (Å²) in [6.45, 7) is 0. The Morgan fingerprint density at radius 3 is 2.54 bits per heavy atom. The maximum Gasteiger partial charge on any atom is 0.418 e. The van der Waals surface area contributed by atoms with Crippen molar-refractivity contribution >= 4 is 23.4 Å². The molecule has 146 valence electrons. The number of hydrogen-bond acceptors (Lipinski definition) is 5. The minimum absolute atomic E-state index is 0.0968. The normalized spacial score (nSPS) is 11.4. The summed E-state index contributed by atoms with van der Waals surface area (Å²) in [7, 11) is 0. The summed E-state index contributed by atoms with van der Waals surface area (Å²) >= 11 is 1.11. The Morgan fingerprint density at radius 1 is 1.11 bits per heavy atom. The predicted molar refractivity (Wildman–Crippen MR) is 95.9 cm³/mol. The molecular formula is C18H13F4N3O2S. The number of anilines is 1. The molecule has 1 heterocycles. The van der Waals surface area contributed by atoms with Crippen LogP contribution in [0.4, 0.5) is 23.2 Å². The predicted octanol–water partition coefficient (Wildman–Crippen LogP) is 4.77. The van der Waals surface area contributed by atoms with Gasteiger partial charge in [0.05, 0.1) is 22.8 Å². The molecule has 0 bridgehead atoms. The Morgan fingerprint density at radius 2 is 1.82 bits per heavy atom. The fourth-order valence-electron chi connectivity index (χ4n) is 2.29. The quantitative estimate of drug-likeness (QED) is 0.592. The molecule has 10 heteroatoms. The third kappa shape index (κ3) is 5.10. The van der Waals surface area contributed by atoms with E-state index in [2.05, 4.69) is 15.5 Å². The molecule has 0 spiro atoms. The van der Waals surface area contributed by atoms with Gasteiger partial charge in [0.1, 0.15) is 5.82 Å². The average Bonchev–Trinajstić information content (AvgIpc) is 3.11. The highest BCUT2D eigenvalue weighted by Crippen LogP contribution is 2.34. The van der Waals surface area contributed by atoms with Crippen LogP contribution < -0.4 is 5.32 Å². The third-order valence-corrected chi connectivity index (χ3v) is 4.45. The number of benzene rings is 2. The first-order chi connectivity index (χ1) is 13.3. The molecule has 2 aromatic carbocycles. The van der Waals surface area contributed by atoms with Gasteiger partial charge in [-0.05, 0) is 36.4 Å². The Bertz CT molecular complexity index is 958. The second kappa shape index (κ2) is 8.42. The third-order valence-electron chi connectivity index (χ3n) is 3.54. The van der Waals surface area contributed by atoms with E-state index in [1.165, 1.54) is 42.5 Å². The number of nitrogens with one attached hydrogen (secondary N) is 1. The number of amides is 1. The first-order valence-corrected chi connectivity index (χ1v) is 9.11. The van der Waals surface area contributed by atoms with Gasteiger partial charge in [0.15, 0.2) is 0 Å². The zero-order valence-electron chi connectivity index (χ0n) is 14.2. The molecule has 0 aliphatic heterocycles. The number of nitrogens with zero attached hydrogens (tertiary/aromatic N) is 2. The van der Waals surface area contributed by atoms with Crippen molar-refractivity contribution in [3.8, 4) is 11.4 Å². The molecule has 0 radical (unpaired) electrons. The zero-order chi connectivity index (χ0) is 20.1. The molecule has 5 nitrogen and oxygen atoms in total. The lowest BCUT2D eigenvalue weighted by Gasteiger charge is -2.13. The second-order valence-electron chi connectivity index (χ2n) is 5.60. The van der Waals surface area contributed by atoms with E-state index in [0.29, 0.717) is 5.56 Å². The van der Waals surface area contributed by atoms with Gasteiger partial charge in [-0.25, -0.2) is 4.39 Å². The van der Waals surface area contributed by atoms with Crippen LogP contribution in [-0.4, -0.2) is 21.8 Å². The molecule has 0 aliphatic rings. The summed E-state index contributed by atoms with van der Waals surface area (Å²) in [5, 5.41) is 6.03. The molecule has 3 aromatic rings. The van der Waals surface area contributed by atoms with E-state index in [-0.39, 0.29) is 34.7 Å². The number of aromatic nitrogens is 2. The number of alkyl halides is 3. The SMILES string of the molecule is O=C(CSCc1nc(-c2ccc(F)cc2)no1)Nc1ccccc1C(F)(F)F. The van der Waals surface area contributed by atoms with Crippen LogP contribution in [0.2, 0.25) is 0 Å². The van der Waals surface area contributed by atoms with E-state index < -0.39 is 17.6 Å². The van der Waals surface area contributed by atoms with Gasteiger partial charge in [0, 0.05) is 5.56 Å². The van der Waals surface area contributed by atoms with Crippen LogP contribution in [0.3, 0.4) is 0 Å². The van der Waals surface area contributed by atoms with Gasteiger partial charge in [-0.2, -0.15) is 18.2 Å². The fourth-order valence-corrected chi connectivity index (χ4v) is 2.94. The summed E-state index contributed by atoms with van der Waals surface area (Å²) in [4.78, 5) is 16.1. The van der Waals surface area contributed by atoms with Gasteiger partial charge in [-0.3, -0.25) is 4.79 Å². The summed E-state index contributed by atoms with van der Waals surface area (Å²) < 4.78 is 56.8. The van der Waals surface area contributed by atoms with Gasteiger partial charge >= 0.3 is 6.18 Å². The lowest BCUT2D eigenvalue weighted by atomic mass is 10.1. The average molecular weight is 411 g/mol. The monoisotopic (exact) mass is 411 g/mol. The molecule has 1 amide bonds. The van der Waals surface area contributed by atoms with Gasteiger partial charge in [0.2, 0.25) is 17.6 Å². The van der Waals surface area contributed by atoms with Crippen LogP contribution in [0.15, 0.2) is 53.1 Å². The van der Waals surface area contributed by atoms with E-state index in [1.54, 1.807) is 0 Å². The highest BCUT2D eigenvalue weighted by molar-refractivity contribution is 7.99. The van der Waals surface area contributed by atoms with Crippen LogP contribution in [0.5, 0.6) is 0 Å². The highest BCUT2D eigenvalue weighted by Gasteiger charge is 2.33. The van der Waals surface area contributed by atoms with Crippen molar-refractivity contribution in [3.05, 3.63) is 65.8 Å². The van der Waals surface area contributed by atoms with Crippen molar-refractivity contribution in [2.75, 3.05) is 11.1 Å². The number of thioether (sulfide) groups is 1.